The van der Waals surface area contributed by atoms with Crippen LogP contribution < -0.4 is 0 Å². The van der Waals surface area contributed by atoms with Crippen LogP contribution in [0.15, 0.2) is 105 Å². The van der Waals surface area contributed by atoms with Gasteiger partial charge in [-0.1, -0.05) is 82.7 Å². The minimum Gasteiger partial charge on any atom is -0.252 e. The van der Waals surface area contributed by atoms with Gasteiger partial charge in [-0.05, 0) is 40.6 Å². The Morgan fingerprint density at radius 2 is 1.54 bits per heavy atom. The van der Waals surface area contributed by atoms with Gasteiger partial charge in [0.1, 0.15) is 0 Å². The molecule has 0 saturated heterocycles. The van der Waals surface area contributed by atoms with Crippen molar-refractivity contribution in [1.29, 1.82) is 0 Å². The fraction of sp³-hybridized carbons (Fsp3) is 0.0800. The van der Waals surface area contributed by atoms with E-state index in [-0.39, 0.29) is 0 Å². The summed E-state index contributed by atoms with van der Waals surface area (Å²) in [5.41, 5.74) is 4.78. The molecule has 28 heavy (non-hydrogen) atoms. The van der Waals surface area contributed by atoms with Gasteiger partial charge < -0.3 is 0 Å². The predicted molar refractivity (Wildman–Crippen MR) is 124 cm³/mol. The molecule has 0 bridgehead atoms. The third kappa shape index (κ3) is 3.41. The minimum atomic E-state index is 0.328. The third-order valence-electron chi connectivity index (χ3n) is 5.11. The summed E-state index contributed by atoms with van der Waals surface area (Å²) in [6, 6.07) is 32.3. The second-order valence-corrected chi connectivity index (χ2v) is 9.08. The molecule has 1 aliphatic rings. The number of hydrogen-bond acceptors (Lipinski definition) is 2. The molecule has 4 aromatic rings. The zero-order valence-corrected chi connectivity index (χ0v) is 17.6. The maximum Gasteiger partial charge on any atom is 0.0769 e. The van der Waals surface area contributed by atoms with E-state index in [1.165, 1.54) is 26.8 Å². The number of thioether (sulfide) groups is 1. The first-order chi connectivity index (χ1) is 13.8. The van der Waals surface area contributed by atoms with Gasteiger partial charge in [0.05, 0.1) is 11.4 Å². The summed E-state index contributed by atoms with van der Waals surface area (Å²) in [5.74, 6) is 0. The Balaban J connectivity index is 1.67. The van der Waals surface area contributed by atoms with E-state index in [4.69, 9.17) is 4.99 Å². The molecule has 4 aromatic carbocycles. The summed E-state index contributed by atoms with van der Waals surface area (Å²) < 4.78 is 1.11. The number of nitrogens with zero attached hydrogens (tertiary/aromatic N) is 1. The van der Waals surface area contributed by atoms with E-state index in [0.29, 0.717) is 5.25 Å². The lowest BCUT2D eigenvalue weighted by Gasteiger charge is -2.17. The maximum absolute atomic E-state index is 5.14. The van der Waals surface area contributed by atoms with E-state index in [2.05, 4.69) is 107 Å². The van der Waals surface area contributed by atoms with Gasteiger partial charge in [0.2, 0.25) is 0 Å². The first kappa shape index (κ1) is 17.7. The lowest BCUT2D eigenvalue weighted by Crippen LogP contribution is -2.06. The highest BCUT2D eigenvalue weighted by molar-refractivity contribution is 9.10. The van der Waals surface area contributed by atoms with Gasteiger partial charge in [0.15, 0.2) is 0 Å². The smallest absolute Gasteiger partial charge is 0.0769 e. The van der Waals surface area contributed by atoms with E-state index in [1.54, 1.807) is 0 Å². The van der Waals surface area contributed by atoms with Gasteiger partial charge in [0, 0.05) is 26.6 Å². The van der Waals surface area contributed by atoms with Crippen LogP contribution in [0.1, 0.15) is 22.8 Å². The molecule has 1 heterocycles. The summed E-state index contributed by atoms with van der Waals surface area (Å²) in [6.45, 7) is 0. The van der Waals surface area contributed by atoms with Crippen molar-refractivity contribution < 1.29 is 0 Å². The molecule has 0 unspecified atom stereocenters. The fourth-order valence-corrected chi connectivity index (χ4v) is 5.22. The van der Waals surface area contributed by atoms with Crippen molar-refractivity contribution in [1.82, 2.24) is 0 Å². The van der Waals surface area contributed by atoms with Gasteiger partial charge in [-0.3, -0.25) is 4.99 Å². The Morgan fingerprint density at radius 3 is 2.43 bits per heavy atom. The van der Waals surface area contributed by atoms with Crippen LogP contribution in [0.3, 0.4) is 0 Å². The molecular weight excluding hydrogens is 426 g/mol. The molecule has 0 radical (unpaired) electrons. The van der Waals surface area contributed by atoms with Crippen LogP contribution in [0.4, 0.5) is 5.69 Å². The van der Waals surface area contributed by atoms with Crippen LogP contribution in [0.5, 0.6) is 0 Å². The van der Waals surface area contributed by atoms with Crippen LogP contribution in [0.25, 0.3) is 10.8 Å². The molecule has 0 spiro atoms. The van der Waals surface area contributed by atoms with Crippen molar-refractivity contribution >= 4 is 49.9 Å². The fourth-order valence-electron chi connectivity index (χ4n) is 3.72. The normalized spacial score (nSPS) is 16.3. The zero-order valence-electron chi connectivity index (χ0n) is 15.2. The minimum absolute atomic E-state index is 0.328. The summed E-state index contributed by atoms with van der Waals surface area (Å²) >= 11 is 5.47. The second kappa shape index (κ2) is 7.57. The van der Waals surface area contributed by atoms with Gasteiger partial charge >= 0.3 is 0 Å². The molecule has 5 rings (SSSR count). The number of halogens is 1. The second-order valence-electron chi connectivity index (χ2n) is 6.92. The lowest BCUT2D eigenvalue weighted by molar-refractivity contribution is 1.01. The average molecular weight is 444 g/mol. The first-order valence-corrected chi connectivity index (χ1v) is 11.0. The van der Waals surface area contributed by atoms with Gasteiger partial charge in [-0.15, -0.1) is 11.8 Å². The van der Waals surface area contributed by atoms with Crippen molar-refractivity contribution in [2.24, 2.45) is 4.99 Å². The SMILES string of the molecule is Brc1ccc([C@H]2CC(c3cccc4ccccc34)=Nc3ccccc3S2)cc1. The third-order valence-corrected chi connectivity index (χ3v) is 6.96. The maximum atomic E-state index is 5.14. The molecular formula is C25H18BrNS. The molecule has 136 valence electrons. The number of para-hydroxylation sites is 1. The van der Waals surface area contributed by atoms with Crippen LogP contribution in [0.2, 0.25) is 0 Å². The topological polar surface area (TPSA) is 12.4 Å². The van der Waals surface area contributed by atoms with E-state index < -0.39 is 0 Å². The number of fused-ring (bicyclic) bond motifs is 2. The molecule has 0 saturated carbocycles. The molecule has 0 aromatic heterocycles. The largest absolute Gasteiger partial charge is 0.252 e. The lowest BCUT2D eigenvalue weighted by atomic mass is 9.96. The van der Waals surface area contributed by atoms with E-state index >= 15 is 0 Å². The Labute approximate surface area is 177 Å². The number of aliphatic imine (C=N–C) groups is 1. The van der Waals surface area contributed by atoms with E-state index in [9.17, 15) is 0 Å². The highest BCUT2D eigenvalue weighted by atomic mass is 79.9. The van der Waals surface area contributed by atoms with Crippen molar-refractivity contribution in [2.45, 2.75) is 16.6 Å². The van der Waals surface area contributed by atoms with Crippen molar-refractivity contribution in [2.75, 3.05) is 0 Å². The van der Waals surface area contributed by atoms with Crippen molar-refractivity contribution in [3.05, 3.63) is 107 Å². The van der Waals surface area contributed by atoms with Crippen LogP contribution >= 0.6 is 27.7 Å². The highest BCUT2D eigenvalue weighted by Crippen LogP contribution is 2.46. The monoisotopic (exact) mass is 443 g/mol. The summed E-state index contributed by atoms with van der Waals surface area (Å²) in [5, 5.41) is 2.85. The van der Waals surface area contributed by atoms with Gasteiger partial charge in [-0.2, -0.15) is 0 Å². The number of rotatable bonds is 2. The zero-order chi connectivity index (χ0) is 18.9. The molecule has 0 fully saturated rings. The van der Waals surface area contributed by atoms with Crippen molar-refractivity contribution in [3.8, 4) is 0 Å². The predicted octanol–water partition coefficient (Wildman–Crippen LogP) is 7.96. The molecule has 1 aliphatic heterocycles. The Hall–Kier alpha value is -2.36. The first-order valence-electron chi connectivity index (χ1n) is 9.35. The molecule has 1 atom stereocenters. The number of hydrogen-bond donors (Lipinski definition) is 0. The molecule has 1 nitrogen and oxygen atoms in total. The van der Waals surface area contributed by atoms with Gasteiger partial charge in [0.25, 0.3) is 0 Å². The standard InChI is InChI=1S/C25H18BrNS/c26-19-14-12-18(13-15-19)25-16-23(27-22-10-3-4-11-24(22)28-25)21-9-5-7-17-6-1-2-8-20(17)21/h1-15,25H,16H2/t25-/m1/s1. The van der Waals surface area contributed by atoms with Gasteiger partial charge in [-0.25, -0.2) is 0 Å². The molecule has 3 heteroatoms. The van der Waals surface area contributed by atoms with Crippen LogP contribution in [-0.2, 0) is 0 Å². The summed E-state index contributed by atoms with van der Waals surface area (Å²) in [4.78, 5) is 6.38. The number of benzene rings is 4. The highest BCUT2D eigenvalue weighted by Gasteiger charge is 2.23. The molecule has 0 N–H and O–H groups in total. The van der Waals surface area contributed by atoms with E-state index in [1.807, 2.05) is 11.8 Å². The quantitative estimate of drug-likeness (QED) is 0.306. The van der Waals surface area contributed by atoms with Crippen LogP contribution in [0, 0.1) is 0 Å². The Bertz CT molecular complexity index is 1180. The van der Waals surface area contributed by atoms with E-state index in [0.717, 1.165) is 22.3 Å². The summed E-state index contributed by atoms with van der Waals surface area (Å²) in [6.07, 6.45) is 0.898. The Morgan fingerprint density at radius 1 is 0.786 bits per heavy atom. The van der Waals surface area contributed by atoms with Crippen molar-refractivity contribution in [3.63, 3.8) is 0 Å². The Kier molecular flexibility index (Phi) is 4.79. The molecule has 0 amide bonds. The molecule has 0 aliphatic carbocycles. The summed E-state index contributed by atoms with van der Waals surface area (Å²) in [7, 11) is 0. The average Bonchev–Trinajstić information content (AvgIpc) is 2.93. The van der Waals surface area contributed by atoms with Crippen LogP contribution in [-0.4, -0.2) is 5.71 Å².